The van der Waals surface area contributed by atoms with Gasteiger partial charge < -0.3 is 10.2 Å². The Kier molecular flexibility index (Phi) is 3.95. The Bertz CT molecular complexity index is 374. The van der Waals surface area contributed by atoms with Crippen molar-refractivity contribution >= 4 is 23.7 Å². The van der Waals surface area contributed by atoms with Crippen molar-refractivity contribution in [2.45, 2.75) is 23.0 Å². The van der Waals surface area contributed by atoms with E-state index in [0.29, 0.717) is 4.90 Å². The van der Waals surface area contributed by atoms with Crippen LogP contribution in [-0.4, -0.2) is 26.9 Å². The number of aliphatic carboxylic acids is 2. The molecule has 0 saturated carbocycles. The van der Waals surface area contributed by atoms with E-state index in [0.717, 1.165) is 11.8 Å². The molecule has 0 saturated heterocycles. The van der Waals surface area contributed by atoms with E-state index in [1.165, 1.54) is 0 Å². The van der Waals surface area contributed by atoms with Crippen LogP contribution >= 0.6 is 11.8 Å². The zero-order chi connectivity index (χ0) is 12.2. The number of carboxylic acids is 2. The average molecular weight is 240 g/mol. The van der Waals surface area contributed by atoms with Crippen LogP contribution in [-0.2, 0) is 9.59 Å². The lowest BCUT2D eigenvalue weighted by molar-refractivity contribution is -0.151. The van der Waals surface area contributed by atoms with Crippen LogP contribution in [0, 0.1) is 0 Å². The molecule has 0 atom stereocenters. The minimum Gasteiger partial charge on any atom is -0.480 e. The van der Waals surface area contributed by atoms with Crippen molar-refractivity contribution < 1.29 is 19.8 Å². The predicted octanol–water partition coefficient (Wildman–Crippen LogP) is 2.10. The molecule has 0 aliphatic rings. The van der Waals surface area contributed by atoms with Gasteiger partial charge in [0.05, 0.1) is 0 Å². The van der Waals surface area contributed by atoms with Crippen LogP contribution in [0.4, 0.5) is 0 Å². The van der Waals surface area contributed by atoms with E-state index in [4.69, 9.17) is 10.2 Å². The van der Waals surface area contributed by atoms with Gasteiger partial charge in [0.25, 0.3) is 0 Å². The molecule has 0 spiro atoms. The first-order valence-electron chi connectivity index (χ1n) is 4.74. The van der Waals surface area contributed by atoms with Crippen LogP contribution in [0.1, 0.15) is 13.3 Å². The van der Waals surface area contributed by atoms with Crippen molar-refractivity contribution in [1.29, 1.82) is 0 Å². The van der Waals surface area contributed by atoms with Gasteiger partial charge in [0.1, 0.15) is 0 Å². The van der Waals surface area contributed by atoms with Gasteiger partial charge in [-0.15, -0.1) is 0 Å². The normalized spacial score (nSPS) is 11.1. The summed E-state index contributed by atoms with van der Waals surface area (Å²) < 4.78 is -1.80. The van der Waals surface area contributed by atoms with Gasteiger partial charge in [-0.2, -0.15) is 0 Å². The van der Waals surface area contributed by atoms with Crippen LogP contribution < -0.4 is 0 Å². The molecular weight excluding hydrogens is 228 g/mol. The Labute approximate surface area is 97.3 Å². The molecule has 0 radical (unpaired) electrons. The summed E-state index contributed by atoms with van der Waals surface area (Å²) in [6.45, 7) is 1.55. The quantitative estimate of drug-likeness (QED) is 0.609. The third-order valence-electron chi connectivity index (χ3n) is 2.22. The van der Waals surface area contributed by atoms with Gasteiger partial charge >= 0.3 is 11.9 Å². The lowest BCUT2D eigenvalue weighted by atomic mass is 10.1. The molecule has 16 heavy (non-hydrogen) atoms. The van der Waals surface area contributed by atoms with Crippen molar-refractivity contribution in [2.24, 2.45) is 0 Å². The second-order valence-corrected chi connectivity index (χ2v) is 4.58. The highest BCUT2D eigenvalue weighted by atomic mass is 32.2. The van der Waals surface area contributed by atoms with E-state index in [-0.39, 0.29) is 6.42 Å². The van der Waals surface area contributed by atoms with E-state index >= 15 is 0 Å². The van der Waals surface area contributed by atoms with Crippen LogP contribution in [0.2, 0.25) is 0 Å². The summed E-state index contributed by atoms with van der Waals surface area (Å²) >= 11 is 0.853. The molecule has 1 aromatic carbocycles. The zero-order valence-corrected chi connectivity index (χ0v) is 9.53. The molecule has 0 bridgehead atoms. The highest BCUT2D eigenvalue weighted by Crippen LogP contribution is 2.36. The minimum absolute atomic E-state index is 0.0250. The van der Waals surface area contributed by atoms with Gasteiger partial charge in [0.2, 0.25) is 4.75 Å². The maximum Gasteiger partial charge on any atom is 0.331 e. The molecule has 2 N–H and O–H groups in total. The number of thioether (sulfide) groups is 1. The standard InChI is InChI=1S/C11H12O4S/c1-2-11(9(12)13,10(14)15)16-8-6-4-3-5-7-8/h3-7H,2H2,1H3,(H,12,13)(H,14,15). The Morgan fingerprint density at radius 1 is 1.19 bits per heavy atom. The minimum atomic E-state index is -1.80. The molecule has 0 heterocycles. The van der Waals surface area contributed by atoms with Gasteiger partial charge in [-0.05, 0) is 18.6 Å². The summed E-state index contributed by atoms with van der Waals surface area (Å²) in [6, 6.07) is 8.67. The molecule has 1 aromatic rings. The number of rotatable bonds is 5. The molecule has 0 aliphatic heterocycles. The topological polar surface area (TPSA) is 74.6 Å². The number of carbonyl (C=O) groups is 2. The highest BCUT2D eigenvalue weighted by molar-refractivity contribution is 8.02. The molecule has 0 aliphatic carbocycles. The predicted molar refractivity (Wildman–Crippen MR) is 60.6 cm³/mol. The summed E-state index contributed by atoms with van der Waals surface area (Å²) in [4.78, 5) is 22.8. The van der Waals surface area contributed by atoms with E-state index in [1.807, 2.05) is 0 Å². The molecule has 0 amide bonds. The Hall–Kier alpha value is -1.49. The molecule has 1 rings (SSSR count). The van der Waals surface area contributed by atoms with Gasteiger partial charge in [-0.1, -0.05) is 36.9 Å². The first-order valence-corrected chi connectivity index (χ1v) is 5.55. The third-order valence-corrected chi connectivity index (χ3v) is 3.72. The monoisotopic (exact) mass is 240 g/mol. The lowest BCUT2D eigenvalue weighted by Gasteiger charge is -2.22. The van der Waals surface area contributed by atoms with Gasteiger partial charge in [-0.25, -0.2) is 0 Å². The number of benzene rings is 1. The number of hydrogen-bond donors (Lipinski definition) is 2. The van der Waals surface area contributed by atoms with E-state index in [2.05, 4.69) is 0 Å². The molecule has 0 aromatic heterocycles. The van der Waals surface area contributed by atoms with Crippen LogP contribution in [0.5, 0.6) is 0 Å². The summed E-state index contributed by atoms with van der Waals surface area (Å²) in [7, 11) is 0. The van der Waals surface area contributed by atoms with Gasteiger partial charge in [-0.3, -0.25) is 9.59 Å². The summed E-state index contributed by atoms with van der Waals surface area (Å²) in [5.74, 6) is -2.65. The fourth-order valence-corrected chi connectivity index (χ4v) is 2.26. The third kappa shape index (κ3) is 2.36. The highest BCUT2D eigenvalue weighted by Gasteiger charge is 2.46. The molecule has 0 fully saturated rings. The second kappa shape index (κ2) is 5.03. The largest absolute Gasteiger partial charge is 0.480 e. The number of carboxylic acid groups (broad SMARTS) is 2. The average Bonchev–Trinajstić information content (AvgIpc) is 2.26. The number of hydrogen-bond acceptors (Lipinski definition) is 3. The lowest BCUT2D eigenvalue weighted by Crippen LogP contribution is -2.42. The molecular formula is C11H12O4S. The van der Waals surface area contributed by atoms with Crippen molar-refractivity contribution in [2.75, 3.05) is 0 Å². The molecule has 5 heteroatoms. The van der Waals surface area contributed by atoms with Crippen molar-refractivity contribution in [3.8, 4) is 0 Å². The smallest absolute Gasteiger partial charge is 0.331 e. The molecule has 4 nitrogen and oxygen atoms in total. The van der Waals surface area contributed by atoms with Crippen molar-refractivity contribution in [1.82, 2.24) is 0 Å². The summed E-state index contributed by atoms with van der Waals surface area (Å²) in [6.07, 6.45) is 0.0250. The Morgan fingerprint density at radius 3 is 2.06 bits per heavy atom. The Morgan fingerprint density at radius 2 is 1.69 bits per heavy atom. The Balaban J connectivity index is 3.04. The van der Waals surface area contributed by atoms with Crippen molar-refractivity contribution in [3.63, 3.8) is 0 Å². The van der Waals surface area contributed by atoms with Gasteiger partial charge in [0.15, 0.2) is 0 Å². The van der Waals surface area contributed by atoms with Crippen LogP contribution in [0.3, 0.4) is 0 Å². The van der Waals surface area contributed by atoms with E-state index < -0.39 is 16.7 Å². The van der Waals surface area contributed by atoms with Crippen LogP contribution in [0.25, 0.3) is 0 Å². The second-order valence-electron chi connectivity index (χ2n) is 3.21. The first kappa shape index (κ1) is 12.6. The summed E-state index contributed by atoms with van der Waals surface area (Å²) in [5.41, 5.74) is 0. The first-order chi connectivity index (χ1) is 7.53. The molecule has 86 valence electrons. The summed E-state index contributed by atoms with van der Waals surface area (Å²) in [5, 5.41) is 18.1. The zero-order valence-electron chi connectivity index (χ0n) is 8.71. The fraction of sp³-hybridized carbons (Fsp3) is 0.273. The SMILES string of the molecule is CCC(Sc1ccccc1)(C(=O)O)C(=O)O. The maximum atomic E-state index is 11.1. The van der Waals surface area contributed by atoms with Crippen LogP contribution in [0.15, 0.2) is 35.2 Å². The van der Waals surface area contributed by atoms with E-state index in [9.17, 15) is 9.59 Å². The van der Waals surface area contributed by atoms with Gasteiger partial charge in [0, 0.05) is 4.90 Å². The van der Waals surface area contributed by atoms with E-state index in [1.54, 1.807) is 37.3 Å². The fourth-order valence-electron chi connectivity index (χ4n) is 1.24. The maximum absolute atomic E-state index is 11.1. The van der Waals surface area contributed by atoms with Crippen molar-refractivity contribution in [3.05, 3.63) is 30.3 Å². The molecule has 0 unspecified atom stereocenters.